The normalized spacial score (nSPS) is 10.3. The van der Waals surface area contributed by atoms with Gasteiger partial charge in [0.1, 0.15) is 18.1 Å². The van der Waals surface area contributed by atoms with Gasteiger partial charge in [-0.2, -0.15) is 0 Å². The quantitative estimate of drug-likeness (QED) is 0.562. The number of carbonyl (C=O) groups is 1. The Morgan fingerprint density at radius 2 is 1.83 bits per heavy atom. The Kier molecular flexibility index (Phi) is 6.24. The SMILES string of the molecule is CCc1ccc(OCc2c(CC)cccc2OC(=O)OC)c(C)c1. The summed E-state index contributed by atoms with van der Waals surface area (Å²) in [4.78, 5) is 11.4. The number of methoxy groups -OCH3 is 1. The van der Waals surface area contributed by atoms with Crippen molar-refractivity contribution in [1.82, 2.24) is 0 Å². The molecule has 4 heteroatoms. The van der Waals surface area contributed by atoms with Crippen LogP contribution in [0.4, 0.5) is 4.79 Å². The zero-order valence-corrected chi connectivity index (χ0v) is 14.7. The number of aryl methyl sites for hydroxylation is 3. The van der Waals surface area contributed by atoms with E-state index in [0.717, 1.165) is 35.3 Å². The highest BCUT2D eigenvalue weighted by Gasteiger charge is 2.14. The van der Waals surface area contributed by atoms with E-state index in [0.29, 0.717) is 12.4 Å². The van der Waals surface area contributed by atoms with Crippen LogP contribution in [0, 0.1) is 6.92 Å². The first-order valence-electron chi connectivity index (χ1n) is 8.17. The molecule has 2 aromatic carbocycles. The van der Waals surface area contributed by atoms with Gasteiger partial charge in [-0.3, -0.25) is 0 Å². The topological polar surface area (TPSA) is 44.8 Å². The third-order valence-electron chi connectivity index (χ3n) is 3.99. The Morgan fingerprint density at radius 3 is 2.46 bits per heavy atom. The predicted molar refractivity (Wildman–Crippen MR) is 93.7 cm³/mol. The third-order valence-corrected chi connectivity index (χ3v) is 3.99. The van der Waals surface area contributed by atoms with Crippen molar-refractivity contribution in [1.29, 1.82) is 0 Å². The van der Waals surface area contributed by atoms with Crippen molar-refractivity contribution in [2.45, 2.75) is 40.2 Å². The summed E-state index contributed by atoms with van der Waals surface area (Å²) in [6, 6.07) is 11.8. The number of ether oxygens (including phenoxy) is 3. The van der Waals surface area contributed by atoms with Crippen LogP contribution in [0.5, 0.6) is 11.5 Å². The van der Waals surface area contributed by atoms with Gasteiger partial charge in [0.25, 0.3) is 0 Å². The molecule has 0 saturated heterocycles. The molecule has 0 bridgehead atoms. The molecule has 0 aliphatic heterocycles. The maximum absolute atomic E-state index is 11.4. The summed E-state index contributed by atoms with van der Waals surface area (Å²) in [5, 5.41) is 0. The summed E-state index contributed by atoms with van der Waals surface area (Å²) in [7, 11) is 1.29. The number of benzene rings is 2. The first-order chi connectivity index (χ1) is 11.6. The standard InChI is InChI=1S/C20H24O4/c1-5-15-10-11-18(14(3)12-15)23-13-17-16(6-2)8-7-9-19(17)24-20(21)22-4/h7-12H,5-6,13H2,1-4H3. The van der Waals surface area contributed by atoms with E-state index in [1.807, 2.05) is 25.1 Å². The van der Waals surface area contributed by atoms with E-state index >= 15 is 0 Å². The molecule has 0 aliphatic rings. The van der Waals surface area contributed by atoms with Crippen molar-refractivity contribution in [2.75, 3.05) is 7.11 Å². The fourth-order valence-corrected chi connectivity index (χ4v) is 2.58. The molecule has 0 saturated carbocycles. The zero-order chi connectivity index (χ0) is 17.5. The van der Waals surface area contributed by atoms with Crippen molar-refractivity contribution in [3.05, 3.63) is 58.7 Å². The van der Waals surface area contributed by atoms with Crippen molar-refractivity contribution < 1.29 is 19.0 Å². The number of carbonyl (C=O) groups excluding carboxylic acids is 1. The van der Waals surface area contributed by atoms with E-state index in [4.69, 9.17) is 9.47 Å². The van der Waals surface area contributed by atoms with Crippen LogP contribution in [0.15, 0.2) is 36.4 Å². The van der Waals surface area contributed by atoms with Gasteiger partial charge in [-0.1, -0.05) is 38.1 Å². The van der Waals surface area contributed by atoms with Crippen LogP contribution < -0.4 is 9.47 Å². The van der Waals surface area contributed by atoms with Gasteiger partial charge in [0.05, 0.1) is 7.11 Å². The lowest BCUT2D eigenvalue weighted by atomic mass is 10.0. The molecule has 4 nitrogen and oxygen atoms in total. The van der Waals surface area contributed by atoms with E-state index in [2.05, 4.69) is 30.7 Å². The maximum Gasteiger partial charge on any atom is 0.513 e. The summed E-state index contributed by atoms with van der Waals surface area (Å²) in [5.41, 5.74) is 4.32. The fraction of sp³-hybridized carbons (Fsp3) is 0.350. The average molecular weight is 328 g/mol. The summed E-state index contributed by atoms with van der Waals surface area (Å²) in [6.45, 7) is 6.56. The smallest absolute Gasteiger partial charge is 0.488 e. The van der Waals surface area contributed by atoms with Gasteiger partial charge in [-0.25, -0.2) is 4.79 Å². The first-order valence-corrected chi connectivity index (χ1v) is 8.17. The van der Waals surface area contributed by atoms with Crippen LogP contribution in [0.25, 0.3) is 0 Å². The lowest BCUT2D eigenvalue weighted by Gasteiger charge is -2.15. The van der Waals surface area contributed by atoms with Gasteiger partial charge < -0.3 is 14.2 Å². The third kappa shape index (κ3) is 4.28. The van der Waals surface area contributed by atoms with Crippen LogP contribution in [0.1, 0.15) is 36.1 Å². The molecule has 2 rings (SSSR count). The lowest BCUT2D eigenvalue weighted by Crippen LogP contribution is -2.11. The van der Waals surface area contributed by atoms with Gasteiger partial charge in [0.2, 0.25) is 0 Å². The largest absolute Gasteiger partial charge is 0.513 e. The van der Waals surface area contributed by atoms with Gasteiger partial charge in [-0.05, 0) is 48.6 Å². The fourth-order valence-electron chi connectivity index (χ4n) is 2.58. The first kappa shape index (κ1) is 17.9. The molecule has 0 atom stereocenters. The monoisotopic (exact) mass is 328 g/mol. The van der Waals surface area contributed by atoms with Crippen molar-refractivity contribution >= 4 is 6.16 Å². The van der Waals surface area contributed by atoms with Crippen molar-refractivity contribution in [2.24, 2.45) is 0 Å². The second-order valence-electron chi connectivity index (χ2n) is 5.55. The summed E-state index contributed by atoms with van der Waals surface area (Å²) >= 11 is 0. The van der Waals surface area contributed by atoms with Crippen LogP contribution in [-0.4, -0.2) is 13.3 Å². The van der Waals surface area contributed by atoms with Gasteiger partial charge in [0.15, 0.2) is 0 Å². The van der Waals surface area contributed by atoms with E-state index < -0.39 is 6.16 Å². The molecule has 0 fully saturated rings. The zero-order valence-electron chi connectivity index (χ0n) is 14.7. The molecule has 0 spiro atoms. The molecule has 0 aromatic heterocycles. The molecule has 2 aromatic rings. The van der Waals surface area contributed by atoms with Crippen molar-refractivity contribution in [3.8, 4) is 11.5 Å². The summed E-state index contributed by atoms with van der Waals surface area (Å²) in [6.07, 6.45) is 1.09. The van der Waals surface area contributed by atoms with E-state index in [1.54, 1.807) is 6.07 Å². The highest BCUT2D eigenvalue weighted by molar-refractivity contribution is 5.64. The van der Waals surface area contributed by atoms with Gasteiger partial charge in [0, 0.05) is 5.56 Å². The number of rotatable bonds is 6. The van der Waals surface area contributed by atoms with Gasteiger partial charge >= 0.3 is 6.16 Å². The van der Waals surface area contributed by atoms with Gasteiger partial charge in [-0.15, -0.1) is 0 Å². The molecule has 24 heavy (non-hydrogen) atoms. The van der Waals surface area contributed by atoms with Crippen molar-refractivity contribution in [3.63, 3.8) is 0 Å². The Labute approximate surface area is 143 Å². The lowest BCUT2D eigenvalue weighted by molar-refractivity contribution is 0.120. The minimum atomic E-state index is -0.729. The molecule has 0 N–H and O–H groups in total. The Balaban J connectivity index is 2.23. The second-order valence-corrected chi connectivity index (χ2v) is 5.55. The maximum atomic E-state index is 11.4. The van der Waals surface area contributed by atoms with Crippen LogP contribution in [0.3, 0.4) is 0 Å². The van der Waals surface area contributed by atoms with E-state index in [9.17, 15) is 4.79 Å². The highest BCUT2D eigenvalue weighted by Crippen LogP contribution is 2.27. The average Bonchev–Trinajstić information content (AvgIpc) is 2.60. The Morgan fingerprint density at radius 1 is 1.04 bits per heavy atom. The number of hydrogen-bond acceptors (Lipinski definition) is 4. The molecule has 0 radical (unpaired) electrons. The van der Waals surface area contributed by atoms with E-state index in [1.165, 1.54) is 12.7 Å². The minimum Gasteiger partial charge on any atom is -0.488 e. The van der Waals surface area contributed by atoms with Crippen LogP contribution in [-0.2, 0) is 24.2 Å². The second kappa shape index (κ2) is 8.39. The molecule has 0 heterocycles. The van der Waals surface area contributed by atoms with E-state index in [-0.39, 0.29) is 0 Å². The summed E-state index contributed by atoms with van der Waals surface area (Å²) < 4.78 is 15.8. The number of hydrogen-bond donors (Lipinski definition) is 0. The molecule has 0 unspecified atom stereocenters. The molecule has 0 amide bonds. The molecular weight excluding hydrogens is 304 g/mol. The Bertz CT molecular complexity index is 707. The molecular formula is C20H24O4. The summed E-state index contributed by atoms with van der Waals surface area (Å²) in [5.74, 6) is 1.31. The van der Waals surface area contributed by atoms with Crippen LogP contribution in [0.2, 0.25) is 0 Å². The highest BCUT2D eigenvalue weighted by atomic mass is 16.7. The minimum absolute atomic E-state index is 0.336. The Hall–Kier alpha value is -2.49. The predicted octanol–water partition coefficient (Wildman–Crippen LogP) is 4.84. The molecule has 128 valence electrons. The van der Waals surface area contributed by atoms with Crippen LogP contribution >= 0.6 is 0 Å². The molecule has 0 aliphatic carbocycles.